The van der Waals surface area contributed by atoms with E-state index in [0.717, 1.165) is 52.3 Å². The third-order valence-corrected chi connectivity index (χ3v) is 6.95. The van der Waals surface area contributed by atoms with Crippen molar-refractivity contribution in [1.29, 1.82) is 0 Å². The summed E-state index contributed by atoms with van der Waals surface area (Å²) in [5.41, 5.74) is 4.42. The Morgan fingerprint density at radius 1 is 0.886 bits per heavy atom. The molecule has 0 spiro atoms. The number of aromatic amines is 1. The van der Waals surface area contributed by atoms with E-state index in [1.54, 1.807) is 14.2 Å². The van der Waals surface area contributed by atoms with E-state index < -0.39 is 0 Å². The molecule has 1 saturated heterocycles. The maximum absolute atomic E-state index is 13.6. The van der Waals surface area contributed by atoms with Crippen LogP contribution in [0.15, 0.2) is 79.0 Å². The number of rotatable bonds is 7. The number of methoxy groups -OCH3 is 2. The maximum atomic E-state index is 13.6. The van der Waals surface area contributed by atoms with Gasteiger partial charge in [-0.05, 0) is 41.5 Å². The molecule has 6 heteroatoms. The normalized spacial score (nSPS) is 14.7. The second-order valence-corrected chi connectivity index (χ2v) is 8.86. The zero-order valence-electron chi connectivity index (χ0n) is 20.2. The fraction of sp³-hybridized carbons (Fsp3) is 0.276. The van der Waals surface area contributed by atoms with Crippen molar-refractivity contribution in [3.05, 3.63) is 90.1 Å². The topological polar surface area (TPSA) is 57.8 Å². The first kappa shape index (κ1) is 22.8. The van der Waals surface area contributed by atoms with Gasteiger partial charge in [0.15, 0.2) is 0 Å². The quantitative estimate of drug-likeness (QED) is 0.411. The second-order valence-electron chi connectivity index (χ2n) is 8.86. The maximum Gasteiger partial charge on any atom is 0.223 e. The van der Waals surface area contributed by atoms with Gasteiger partial charge in [-0.3, -0.25) is 4.79 Å². The summed E-state index contributed by atoms with van der Waals surface area (Å²) in [6.07, 6.45) is 2.47. The molecule has 35 heavy (non-hydrogen) atoms. The van der Waals surface area contributed by atoms with Crippen LogP contribution in [0.1, 0.15) is 23.5 Å². The van der Waals surface area contributed by atoms with Gasteiger partial charge >= 0.3 is 0 Å². The Bertz CT molecular complexity index is 1290. The van der Waals surface area contributed by atoms with Gasteiger partial charge in [-0.25, -0.2) is 0 Å². The number of anilines is 1. The third-order valence-electron chi connectivity index (χ3n) is 6.95. The minimum absolute atomic E-state index is 0.0446. The van der Waals surface area contributed by atoms with E-state index >= 15 is 0 Å². The number of nitrogens with zero attached hydrogens (tertiary/aromatic N) is 2. The molecule has 1 aliphatic rings. The number of benzene rings is 3. The zero-order valence-corrected chi connectivity index (χ0v) is 20.2. The van der Waals surface area contributed by atoms with Crippen LogP contribution in [0.4, 0.5) is 5.69 Å². The molecular formula is C29H31N3O3. The number of fused-ring (bicyclic) bond motifs is 1. The molecule has 1 aliphatic heterocycles. The lowest BCUT2D eigenvalue weighted by atomic mass is 9.87. The number of carbonyl (C=O) groups excluding carboxylic acids is 1. The van der Waals surface area contributed by atoms with Crippen LogP contribution in [-0.2, 0) is 4.79 Å². The van der Waals surface area contributed by atoms with Crippen molar-refractivity contribution in [2.24, 2.45) is 0 Å². The molecule has 0 bridgehead atoms. The van der Waals surface area contributed by atoms with E-state index in [-0.39, 0.29) is 11.8 Å². The standard InChI is InChI=1S/C29H31N3O3/c1-34-22-13-11-21(12-14-22)24(25-20-30-26-8-4-3-7-23(25)26)19-29(33)32-17-15-31(16-18-32)27-9-5-6-10-28(27)35-2/h3-14,20,24,30H,15-19H2,1-2H3. The summed E-state index contributed by atoms with van der Waals surface area (Å²) in [5, 5.41) is 1.15. The SMILES string of the molecule is COc1ccc(C(CC(=O)N2CCN(c3ccccc3OC)CC2)c2c[nH]c3ccccc23)cc1. The van der Waals surface area contributed by atoms with Gasteiger partial charge in [0.1, 0.15) is 11.5 Å². The summed E-state index contributed by atoms with van der Waals surface area (Å²) in [5.74, 6) is 1.81. The highest BCUT2D eigenvalue weighted by atomic mass is 16.5. The van der Waals surface area contributed by atoms with Crippen molar-refractivity contribution in [3.8, 4) is 11.5 Å². The molecule has 180 valence electrons. The molecule has 0 aliphatic carbocycles. The van der Waals surface area contributed by atoms with E-state index in [2.05, 4.69) is 40.2 Å². The Hall–Kier alpha value is -3.93. The van der Waals surface area contributed by atoms with E-state index in [9.17, 15) is 4.79 Å². The number of carbonyl (C=O) groups is 1. The van der Waals surface area contributed by atoms with E-state index in [4.69, 9.17) is 9.47 Å². The average Bonchev–Trinajstić information content (AvgIpc) is 3.35. The van der Waals surface area contributed by atoms with Gasteiger partial charge in [0, 0.05) is 55.6 Å². The number of hydrogen-bond acceptors (Lipinski definition) is 4. The molecule has 5 rings (SSSR count). The zero-order chi connectivity index (χ0) is 24.2. The van der Waals surface area contributed by atoms with Crippen molar-refractivity contribution in [2.75, 3.05) is 45.3 Å². The van der Waals surface area contributed by atoms with Crippen LogP contribution in [-0.4, -0.2) is 56.2 Å². The Balaban J connectivity index is 1.35. The lowest BCUT2D eigenvalue weighted by Crippen LogP contribution is -2.49. The first-order valence-corrected chi connectivity index (χ1v) is 12.0. The highest BCUT2D eigenvalue weighted by Gasteiger charge is 2.27. The number of aromatic nitrogens is 1. The lowest BCUT2D eigenvalue weighted by molar-refractivity contribution is -0.131. The van der Waals surface area contributed by atoms with Crippen LogP contribution < -0.4 is 14.4 Å². The second kappa shape index (κ2) is 10.1. The summed E-state index contributed by atoms with van der Waals surface area (Å²) >= 11 is 0. The fourth-order valence-electron chi connectivity index (χ4n) is 5.02. The van der Waals surface area contributed by atoms with Gasteiger partial charge in [-0.1, -0.05) is 42.5 Å². The predicted octanol–water partition coefficient (Wildman–Crippen LogP) is 5.06. The summed E-state index contributed by atoms with van der Waals surface area (Å²) in [4.78, 5) is 21.2. The minimum Gasteiger partial charge on any atom is -0.497 e. The highest BCUT2D eigenvalue weighted by molar-refractivity contribution is 5.86. The van der Waals surface area contributed by atoms with Gasteiger partial charge in [-0.2, -0.15) is 0 Å². The van der Waals surface area contributed by atoms with E-state index in [0.29, 0.717) is 19.5 Å². The molecule has 1 N–H and O–H groups in total. The number of ether oxygens (including phenoxy) is 2. The van der Waals surface area contributed by atoms with Crippen LogP contribution in [0.25, 0.3) is 10.9 Å². The van der Waals surface area contributed by atoms with Gasteiger partial charge in [0.25, 0.3) is 0 Å². The van der Waals surface area contributed by atoms with Crippen LogP contribution in [0, 0.1) is 0 Å². The number of piperazine rings is 1. The Kier molecular flexibility index (Phi) is 6.62. The van der Waals surface area contributed by atoms with Crippen molar-refractivity contribution < 1.29 is 14.3 Å². The molecule has 2 heterocycles. The van der Waals surface area contributed by atoms with Gasteiger partial charge in [0.05, 0.1) is 19.9 Å². The van der Waals surface area contributed by atoms with Crippen LogP contribution >= 0.6 is 0 Å². The van der Waals surface area contributed by atoms with Gasteiger partial charge in [-0.15, -0.1) is 0 Å². The molecule has 4 aromatic rings. The van der Waals surface area contributed by atoms with Gasteiger partial charge < -0.3 is 24.3 Å². The molecule has 1 amide bonds. The molecule has 1 unspecified atom stereocenters. The Morgan fingerprint density at radius 2 is 1.60 bits per heavy atom. The molecule has 3 aromatic carbocycles. The summed E-state index contributed by atoms with van der Waals surface area (Å²) in [6, 6.07) is 24.4. The van der Waals surface area contributed by atoms with Crippen molar-refractivity contribution in [3.63, 3.8) is 0 Å². The van der Waals surface area contributed by atoms with Crippen molar-refractivity contribution >= 4 is 22.5 Å². The van der Waals surface area contributed by atoms with Crippen LogP contribution in [0.5, 0.6) is 11.5 Å². The predicted molar refractivity (Wildman–Crippen MR) is 140 cm³/mol. The summed E-state index contributed by atoms with van der Waals surface area (Å²) in [7, 11) is 3.36. The summed E-state index contributed by atoms with van der Waals surface area (Å²) in [6.45, 7) is 2.96. The molecule has 1 atom stereocenters. The monoisotopic (exact) mass is 469 g/mol. The summed E-state index contributed by atoms with van der Waals surface area (Å²) < 4.78 is 10.9. The Morgan fingerprint density at radius 3 is 2.34 bits per heavy atom. The first-order chi connectivity index (χ1) is 17.2. The largest absolute Gasteiger partial charge is 0.497 e. The van der Waals surface area contributed by atoms with Gasteiger partial charge in [0.2, 0.25) is 5.91 Å². The number of H-pyrrole nitrogens is 1. The first-order valence-electron chi connectivity index (χ1n) is 12.0. The third kappa shape index (κ3) is 4.69. The molecule has 6 nitrogen and oxygen atoms in total. The number of hydrogen-bond donors (Lipinski definition) is 1. The molecule has 1 fully saturated rings. The van der Waals surface area contributed by atoms with Crippen molar-refractivity contribution in [2.45, 2.75) is 12.3 Å². The average molecular weight is 470 g/mol. The minimum atomic E-state index is -0.0446. The van der Waals surface area contributed by atoms with Crippen LogP contribution in [0.3, 0.4) is 0 Å². The highest BCUT2D eigenvalue weighted by Crippen LogP contribution is 2.35. The molecular weight excluding hydrogens is 438 g/mol. The molecule has 1 aromatic heterocycles. The van der Waals surface area contributed by atoms with E-state index in [1.807, 2.05) is 53.6 Å². The smallest absolute Gasteiger partial charge is 0.223 e. The number of amides is 1. The Labute approximate surface area is 206 Å². The van der Waals surface area contributed by atoms with E-state index in [1.165, 1.54) is 0 Å². The lowest BCUT2D eigenvalue weighted by Gasteiger charge is -2.37. The number of nitrogens with one attached hydrogen (secondary N) is 1. The fourth-order valence-corrected chi connectivity index (χ4v) is 5.02. The van der Waals surface area contributed by atoms with Crippen LogP contribution in [0.2, 0.25) is 0 Å². The van der Waals surface area contributed by atoms with Crippen molar-refractivity contribution in [1.82, 2.24) is 9.88 Å². The molecule has 0 radical (unpaired) electrons. The molecule has 0 saturated carbocycles. The number of para-hydroxylation sites is 3.